The van der Waals surface area contributed by atoms with Gasteiger partial charge in [-0.1, -0.05) is 0 Å². The molecule has 0 spiro atoms. The van der Waals surface area contributed by atoms with E-state index in [-0.39, 0.29) is 0 Å². The number of rotatable bonds is 0. The second-order valence-electron chi connectivity index (χ2n) is 3.04. The third kappa shape index (κ3) is 1.22. The zero-order chi connectivity index (χ0) is 7.84. The Balaban J connectivity index is 2.11. The van der Waals surface area contributed by atoms with E-state index in [1.54, 1.807) is 0 Å². The van der Waals surface area contributed by atoms with Crippen molar-refractivity contribution in [1.82, 2.24) is 13.9 Å². The maximum Gasteiger partial charge on any atom is 0.172 e. The molecule has 0 aromatic rings. The molecule has 0 aromatic heterocycles. The molecule has 2 heterocycles. The minimum atomic E-state index is -0.857. The Morgan fingerprint density at radius 3 is 3.18 bits per heavy atom. The van der Waals surface area contributed by atoms with Crippen LogP contribution in [-0.4, -0.2) is 52.1 Å². The highest BCUT2D eigenvalue weighted by molar-refractivity contribution is 7.80. The van der Waals surface area contributed by atoms with Crippen LogP contribution >= 0.6 is 0 Å². The lowest BCUT2D eigenvalue weighted by Crippen LogP contribution is -2.48. The Bertz CT molecular complexity index is 187. The highest BCUT2D eigenvalue weighted by Gasteiger charge is 2.36. The van der Waals surface area contributed by atoms with Crippen LogP contribution in [0.1, 0.15) is 0 Å². The predicted molar refractivity (Wildman–Crippen MR) is 44.1 cm³/mol. The molecule has 0 aromatic carbocycles. The fraction of sp³-hybridized carbons (Fsp3) is 1.00. The normalized spacial score (nSPS) is 40.8. The molecule has 2 aliphatic heterocycles. The van der Waals surface area contributed by atoms with Gasteiger partial charge in [-0.15, -0.1) is 0 Å². The standard InChI is InChI=1S/C6H13N3OS/c1-8-5-6-4-7-2-3-9(6)11(8)10/h6-7H,2-5H2,1H3. The Morgan fingerprint density at radius 1 is 1.64 bits per heavy atom. The summed E-state index contributed by atoms with van der Waals surface area (Å²) in [5.41, 5.74) is 0. The third-order valence-corrected chi connectivity index (χ3v) is 3.80. The van der Waals surface area contributed by atoms with Crippen LogP contribution in [0.15, 0.2) is 0 Å². The summed E-state index contributed by atoms with van der Waals surface area (Å²) in [6.45, 7) is 3.80. The molecule has 64 valence electrons. The minimum Gasteiger partial charge on any atom is -0.314 e. The highest BCUT2D eigenvalue weighted by Crippen LogP contribution is 2.17. The number of nitrogens with one attached hydrogen (secondary N) is 1. The Labute approximate surface area is 69.3 Å². The average Bonchev–Trinajstić information content (AvgIpc) is 2.30. The molecule has 2 unspecified atom stereocenters. The summed E-state index contributed by atoms with van der Waals surface area (Å²) in [6.07, 6.45) is 0. The van der Waals surface area contributed by atoms with Crippen molar-refractivity contribution in [2.45, 2.75) is 6.04 Å². The van der Waals surface area contributed by atoms with Gasteiger partial charge < -0.3 is 5.32 Å². The lowest BCUT2D eigenvalue weighted by atomic mass is 10.2. The van der Waals surface area contributed by atoms with Crippen molar-refractivity contribution in [1.29, 1.82) is 0 Å². The van der Waals surface area contributed by atoms with Crippen LogP contribution in [0.4, 0.5) is 0 Å². The fourth-order valence-corrected chi connectivity index (χ4v) is 2.94. The van der Waals surface area contributed by atoms with Crippen molar-refractivity contribution in [3.05, 3.63) is 0 Å². The monoisotopic (exact) mass is 175 g/mol. The largest absolute Gasteiger partial charge is 0.314 e. The number of likely N-dealkylation sites (N-methyl/N-ethyl adjacent to an activating group) is 1. The van der Waals surface area contributed by atoms with Gasteiger partial charge in [-0.05, 0) is 0 Å². The summed E-state index contributed by atoms with van der Waals surface area (Å²) in [6, 6.07) is 0.467. The van der Waals surface area contributed by atoms with Crippen molar-refractivity contribution < 1.29 is 4.21 Å². The van der Waals surface area contributed by atoms with E-state index in [0.717, 1.165) is 26.2 Å². The maximum absolute atomic E-state index is 11.5. The molecule has 2 rings (SSSR count). The Kier molecular flexibility index (Phi) is 1.97. The van der Waals surface area contributed by atoms with Crippen molar-refractivity contribution >= 4 is 11.2 Å². The molecule has 5 heteroatoms. The summed E-state index contributed by atoms with van der Waals surface area (Å²) in [7, 11) is 1.91. The lowest BCUT2D eigenvalue weighted by molar-refractivity contribution is 0.297. The van der Waals surface area contributed by atoms with E-state index in [4.69, 9.17) is 0 Å². The van der Waals surface area contributed by atoms with Gasteiger partial charge in [-0.25, -0.2) is 12.8 Å². The van der Waals surface area contributed by atoms with Crippen molar-refractivity contribution in [3.63, 3.8) is 0 Å². The van der Waals surface area contributed by atoms with Gasteiger partial charge >= 0.3 is 0 Å². The zero-order valence-electron chi connectivity index (χ0n) is 6.62. The highest BCUT2D eigenvalue weighted by atomic mass is 32.2. The molecule has 1 N–H and O–H groups in total. The van der Waals surface area contributed by atoms with E-state index >= 15 is 0 Å². The number of hydrogen-bond acceptors (Lipinski definition) is 2. The molecule has 2 saturated heterocycles. The first-order chi connectivity index (χ1) is 5.29. The van der Waals surface area contributed by atoms with E-state index in [1.807, 2.05) is 11.4 Å². The van der Waals surface area contributed by atoms with E-state index in [9.17, 15) is 4.21 Å². The van der Waals surface area contributed by atoms with Crippen molar-refractivity contribution in [2.75, 3.05) is 33.2 Å². The predicted octanol–water partition coefficient (Wildman–Crippen LogP) is -1.22. The first kappa shape index (κ1) is 7.67. The second kappa shape index (κ2) is 2.82. The summed E-state index contributed by atoms with van der Waals surface area (Å²) in [5.74, 6) is 0. The van der Waals surface area contributed by atoms with Crippen LogP contribution in [0.25, 0.3) is 0 Å². The number of piperazine rings is 1. The molecular formula is C6H13N3OS. The molecular weight excluding hydrogens is 162 g/mol. The van der Waals surface area contributed by atoms with Crippen LogP contribution in [0.3, 0.4) is 0 Å². The number of fused-ring (bicyclic) bond motifs is 1. The first-order valence-corrected chi connectivity index (χ1v) is 4.96. The molecule has 2 fully saturated rings. The summed E-state index contributed by atoms with van der Waals surface area (Å²) < 4.78 is 15.4. The topological polar surface area (TPSA) is 35.6 Å². The van der Waals surface area contributed by atoms with E-state index in [2.05, 4.69) is 9.62 Å². The van der Waals surface area contributed by atoms with Crippen molar-refractivity contribution in [2.24, 2.45) is 0 Å². The minimum absolute atomic E-state index is 0.467. The fourth-order valence-electron chi connectivity index (χ4n) is 1.64. The Hall–Kier alpha value is 0.0300. The van der Waals surface area contributed by atoms with Gasteiger partial charge in [-0.2, -0.15) is 0 Å². The second-order valence-corrected chi connectivity index (χ2v) is 4.59. The number of nitrogens with zero attached hydrogens (tertiary/aromatic N) is 2. The molecule has 0 radical (unpaired) electrons. The SMILES string of the molecule is CN1CC2CNCCN2S1=O. The van der Waals surface area contributed by atoms with Gasteiger partial charge in [0.15, 0.2) is 11.2 Å². The quantitative estimate of drug-likeness (QED) is 0.501. The molecule has 0 aliphatic carbocycles. The van der Waals surface area contributed by atoms with Crippen LogP contribution in [0, 0.1) is 0 Å². The molecule has 2 aliphatic rings. The zero-order valence-corrected chi connectivity index (χ0v) is 7.43. The lowest BCUT2D eigenvalue weighted by Gasteiger charge is -2.26. The molecule has 0 saturated carbocycles. The molecule has 0 bridgehead atoms. The first-order valence-electron chi connectivity index (χ1n) is 3.89. The van der Waals surface area contributed by atoms with Crippen LogP contribution < -0.4 is 5.32 Å². The molecule has 4 nitrogen and oxygen atoms in total. The van der Waals surface area contributed by atoms with Gasteiger partial charge in [0.1, 0.15) is 0 Å². The van der Waals surface area contributed by atoms with Gasteiger partial charge in [0.25, 0.3) is 0 Å². The smallest absolute Gasteiger partial charge is 0.172 e. The Morgan fingerprint density at radius 2 is 2.45 bits per heavy atom. The summed E-state index contributed by atoms with van der Waals surface area (Å²) >= 11 is -0.857. The number of hydrogen-bond donors (Lipinski definition) is 1. The van der Waals surface area contributed by atoms with Crippen LogP contribution in [0.2, 0.25) is 0 Å². The summed E-state index contributed by atoms with van der Waals surface area (Å²) in [4.78, 5) is 0. The van der Waals surface area contributed by atoms with Crippen LogP contribution in [-0.2, 0) is 11.2 Å². The molecule has 11 heavy (non-hydrogen) atoms. The maximum atomic E-state index is 11.5. The third-order valence-electron chi connectivity index (χ3n) is 2.23. The van der Waals surface area contributed by atoms with E-state index in [1.165, 1.54) is 0 Å². The summed E-state index contributed by atoms with van der Waals surface area (Å²) in [5, 5.41) is 3.29. The average molecular weight is 175 g/mol. The van der Waals surface area contributed by atoms with Crippen molar-refractivity contribution in [3.8, 4) is 0 Å². The van der Waals surface area contributed by atoms with Gasteiger partial charge in [-0.3, -0.25) is 0 Å². The van der Waals surface area contributed by atoms with E-state index in [0.29, 0.717) is 6.04 Å². The molecule has 2 atom stereocenters. The van der Waals surface area contributed by atoms with Gasteiger partial charge in [0.2, 0.25) is 0 Å². The van der Waals surface area contributed by atoms with Crippen LogP contribution in [0.5, 0.6) is 0 Å². The van der Waals surface area contributed by atoms with Gasteiger partial charge in [0, 0.05) is 33.2 Å². The van der Waals surface area contributed by atoms with E-state index < -0.39 is 11.2 Å². The van der Waals surface area contributed by atoms with Gasteiger partial charge in [0.05, 0.1) is 6.04 Å². The molecule has 0 amide bonds.